The summed E-state index contributed by atoms with van der Waals surface area (Å²) in [4.78, 5) is 6.85. The number of unbranched alkanes of at least 4 members (excludes halogenated alkanes) is 2. The Kier molecular flexibility index (Phi) is 6.63. The molecule has 0 aliphatic rings. The molecule has 0 fully saturated rings. The van der Waals surface area contributed by atoms with Crippen molar-refractivity contribution in [1.82, 2.24) is 9.88 Å². The van der Waals surface area contributed by atoms with E-state index in [0.717, 1.165) is 25.3 Å². The fourth-order valence-corrected chi connectivity index (χ4v) is 1.85. The molecule has 2 N–H and O–H groups in total. The quantitative estimate of drug-likeness (QED) is 0.753. The second kappa shape index (κ2) is 8.07. The lowest BCUT2D eigenvalue weighted by atomic mass is 10.2. The molecule has 3 nitrogen and oxygen atoms in total. The normalized spacial score (nSPS) is 11.0. The molecule has 1 rings (SSSR count). The van der Waals surface area contributed by atoms with Gasteiger partial charge in [0.25, 0.3) is 0 Å². The van der Waals surface area contributed by atoms with Crippen LogP contribution < -0.4 is 5.73 Å². The predicted molar refractivity (Wildman–Crippen MR) is 73.7 cm³/mol. The molecule has 0 aliphatic heterocycles. The molecule has 1 heterocycles. The first-order valence-corrected chi connectivity index (χ1v) is 6.70. The Bertz CT molecular complexity index is 304. The zero-order valence-corrected chi connectivity index (χ0v) is 11.2. The van der Waals surface area contributed by atoms with E-state index in [2.05, 4.69) is 29.8 Å². The van der Waals surface area contributed by atoms with Crippen molar-refractivity contribution in [3.63, 3.8) is 0 Å². The Balaban J connectivity index is 2.51. The molecule has 0 spiro atoms. The average molecular weight is 235 g/mol. The third kappa shape index (κ3) is 5.68. The summed E-state index contributed by atoms with van der Waals surface area (Å²) in [5.41, 5.74) is 6.79. The highest BCUT2D eigenvalue weighted by atomic mass is 15.1. The van der Waals surface area contributed by atoms with Gasteiger partial charge in [-0.15, -0.1) is 0 Å². The van der Waals surface area contributed by atoms with Gasteiger partial charge in [0.2, 0.25) is 0 Å². The third-order valence-corrected chi connectivity index (χ3v) is 2.87. The summed E-state index contributed by atoms with van der Waals surface area (Å²) in [7, 11) is 0. The molecule has 1 aromatic rings. The number of hydrogen-bond donors (Lipinski definition) is 1. The summed E-state index contributed by atoms with van der Waals surface area (Å²) >= 11 is 0. The molecule has 3 heteroatoms. The molecule has 96 valence electrons. The van der Waals surface area contributed by atoms with Gasteiger partial charge in [-0.2, -0.15) is 0 Å². The van der Waals surface area contributed by atoms with Crippen LogP contribution in [0.25, 0.3) is 0 Å². The van der Waals surface area contributed by atoms with Crippen LogP contribution in [0.3, 0.4) is 0 Å². The highest BCUT2D eigenvalue weighted by molar-refractivity contribution is 5.28. The minimum absolute atomic E-state index is 0.619. The maximum Gasteiger partial charge on any atom is 0.123 e. The monoisotopic (exact) mass is 235 g/mol. The SMILES string of the molecule is CCCCN(CCCC)Cc1cccc(N)n1. The van der Waals surface area contributed by atoms with Crippen LogP contribution in [0.15, 0.2) is 18.2 Å². The van der Waals surface area contributed by atoms with Crippen LogP contribution in [0.2, 0.25) is 0 Å². The van der Waals surface area contributed by atoms with Crippen LogP contribution in [-0.4, -0.2) is 23.0 Å². The van der Waals surface area contributed by atoms with Crippen LogP contribution in [0, 0.1) is 0 Å². The second-order valence-electron chi connectivity index (χ2n) is 4.54. The Morgan fingerprint density at radius 3 is 2.29 bits per heavy atom. The number of nitrogens with zero attached hydrogens (tertiary/aromatic N) is 2. The Morgan fingerprint density at radius 2 is 1.76 bits per heavy atom. The summed E-state index contributed by atoms with van der Waals surface area (Å²) < 4.78 is 0. The van der Waals surface area contributed by atoms with E-state index in [0.29, 0.717) is 5.82 Å². The highest BCUT2D eigenvalue weighted by Gasteiger charge is 2.06. The fraction of sp³-hybridized carbons (Fsp3) is 0.643. The van der Waals surface area contributed by atoms with Gasteiger partial charge in [-0.1, -0.05) is 32.8 Å². The van der Waals surface area contributed by atoms with Crippen molar-refractivity contribution in [2.24, 2.45) is 0 Å². The topological polar surface area (TPSA) is 42.1 Å². The molecule has 0 unspecified atom stereocenters. The van der Waals surface area contributed by atoms with E-state index in [1.54, 1.807) is 0 Å². The number of pyridine rings is 1. The third-order valence-electron chi connectivity index (χ3n) is 2.87. The van der Waals surface area contributed by atoms with Gasteiger partial charge in [-0.05, 0) is 38.1 Å². The molecule has 0 bridgehead atoms. The molecular weight excluding hydrogens is 210 g/mol. The summed E-state index contributed by atoms with van der Waals surface area (Å²) in [6.07, 6.45) is 5.00. The van der Waals surface area contributed by atoms with Gasteiger partial charge < -0.3 is 5.73 Å². The van der Waals surface area contributed by atoms with Crippen LogP contribution in [0.1, 0.15) is 45.2 Å². The number of nitrogens with two attached hydrogens (primary N) is 1. The van der Waals surface area contributed by atoms with Crippen molar-refractivity contribution >= 4 is 5.82 Å². The first-order valence-electron chi connectivity index (χ1n) is 6.70. The van der Waals surface area contributed by atoms with Crippen LogP contribution in [0.5, 0.6) is 0 Å². The van der Waals surface area contributed by atoms with E-state index < -0.39 is 0 Å². The van der Waals surface area contributed by atoms with Crippen molar-refractivity contribution in [2.45, 2.75) is 46.1 Å². The molecule has 0 atom stereocenters. The van der Waals surface area contributed by atoms with E-state index in [4.69, 9.17) is 5.73 Å². The van der Waals surface area contributed by atoms with Crippen molar-refractivity contribution < 1.29 is 0 Å². The van der Waals surface area contributed by atoms with Gasteiger partial charge in [0.1, 0.15) is 5.82 Å². The zero-order valence-electron chi connectivity index (χ0n) is 11.2. The number of nitrogen functional groups attached to an aromatic ring is 1. The standard InChI is InChI=1S/C14H25N3/c1-3-5-10-17(11-6-4-2)12-13-8-7-9-14(15)16-13/h7-9H,3-6,10-12H2,1-2H3,(H2,15,16). The molecule has 1 aromatic heterocycles. The molecule has 0 saturated carbocycles. The maximum atomic E-state index is 5.70. The molecule has 0 radical (unpaired) electrons. The number of anilines is 1. The Morgan fingerprint density at radius 1 is 1.12 bits per heavy atom. The zero-order chi connectivity index (χ0) is 12.5. The van der Waals surface area contributed by atoms with Gasteiger partial charge in [0.05, 0.1) is 5.69 Å². The number of rotatable bonds is 8. The van der Waals surface area contributed by atoms with Crippen LogP contribution >= 0.6 is 0 Å². The van der Waals surface area contributed by atoms with Crippen molar-refractivity contribution in [2.75, 3.05) is 18.8 Å². The van der Waals surface area contributed by atoms with Gasteiger partial charge in [-0.3, -0.25) is 4.90 Å². The highest BCUT2D eigenvalue weighted by Crippen LogP contribution is 2.07. The summed E-state index contributed by atoms with van der Waals surface area (Å²) in [6.45, 7) is 7.71. The van der Waals surface area contributed by atoms with E-state index >= 15 is 0 Å². The summed E-state index contributed by atoms with van der Waals surface area (Å²) in [5.74, 6) is 0.619. The van der Waals surface area contributed by atoms with Crippen molar-refractivity contribution in [3.05, 3.63) is 23.9 Å². The molecule has 17 heavy (non-hydrogen) atoms. The largest absolute Gasteiger partial charge is 0.384 e. The molecule has 0 aromatic carbocycles. The number of hydrogen-bond acceptors (Lipinski definition) is 3. The average Bonchev–Trinajstić information content (AvgIpc) is 2.32. The minimum atomic E-state index is 0.619. The maximum absolute atomic E-state index is 5.70. The van der Waals surface area contributed by atoms with Gasteiger partial charge in [-0.25, -0.2) is 4.98 Å². The lowest BCUT2D eigenvalue weighted by Gasteiger charge is -2.21. The van der Waals surface area contributed by atoms with Crippen molar-refractivity contribution in [1.29, 1.82) is 0 Å². The molecule has 0 aliphatic carbocycles. The Labute approximate surface area is 105 Å². The lowest BCUT2D eigenvalue weighted by molar-refractivity contribution is 0.254. The lowest BCUT2D eigenvalue weighted by Crippen LogP contribution is -2.26. The van der Waals surface area contributed by atoms with Crippen molar-refractivity contribution in [3.8, 4) is 0 Å². The second-order valence-corrected chi connectivity index (χ2v) is 4.54. The van der Waals surface area contributed by atoms with E-state index in [9.17, 15) is 0 Å². The Hall–Kier alpha value is -1.09. The van der Waals surface area contributed by atoms with Crippen LogP contribution in [0.4, 0.5) is 5.82 Å². The minimum Gasteiger partial charge on any atom is -0.384 e. The van der Waals surface area contributed by atoms with Gasteiger partial charge in [0, 0.05) is 6.54 Å². The summed E-state index contributed by atoms with van der Waals surface area (Å²) in [6, 6.07) is 5.88. The predicted octanol–water partition coefficient (Wildman–Crippen LogP) is 3.07. The molecule has 0 amide bonds. The fourth-order valence-electron chi connectivity index (χ4n) is 1.85. The number of aromatic nitrogens is 1. The van der Waals surface area contributed by atoms with Gasteiger partial charge in [0.15, 0.2) is 0 Å². The molecule has 0 saturated heterocycles. The first kappa shape index (κ1) is 14.0. The van der Waals surface area contributed by atoms with E-state index in [1.165, 1.54) is 25.7 Å². The smallest absolute Gasteiger partial charge is 0.123 e. The summed E-state index contributed by atoms with van der Waals surface area (Å²) in [5, 5.41) is 0. The molecular formula is C14H25N3. The van der Waals surface area contributed by atoms with E-state index in [-0.39, 0.29) is 0 Å². The first-order chi connectivity index (χ1) is 8.26. The van der Waals surface area contributed by atoms with Crippen LogP contribution in [-0.2, 0) is 6.54 Å². The van der Waals surface area contributed by atoms with Gasteiger partial charge >= 0.3 is 0 Å². The van der Waals surface area contributed by atoms with E-state index in [1.807, 2.05) is 12.1 Å².